The fourth-order valence-electron chi connectivity index (χ4n) is 3.95. The van der Waals surface area contributed by atoms with Gasteiger partial charge in [-0.15, -0.1) is 0 Å². The van der Waals surface area contributed by atoms with Crippen LogP contribution >= 0.6 is 8.60 Å². The van der Waals surface area contributed by atoms with Crippen molar-refractivity contribution in [1.82, 2.24) is 18.7 Å². The van der Waals surface area contributed by atoms with Crippen LogP contribution in [0.2, 0.25) is 0 Å². The van der Waals surface area contributed by atoms with E-state index in [1.54, 1.807) is 30.9 Å². The summed E-state index contributed by atoms with van der Waals surface area (Å²) in [5.74, 6) is 0.564. The number of aryl methyl sites for hydroxylation is 3. The van der Waals surface area contributed by atoms with E-state index in [1.807, 2.05) is 16.1 Å². The van der Waals surface area contributed by atoms with Gasteiger partial charge in [-0.2, -0.15) is 4.99 Å². The van der Waals surface area contributed by atoms with Crippen LogP contribution in [0.15, 0.2) is 48.0 Å². The van der Waals surface area contributed by atoms with Crippen LogP contribution in [-0.4, -0.2) is 54.7 Å². The fourth-order valence-corrected chi connectivity index (χ4v) is 4.35. The van der Waals surface area contributed by atoms with Gasteiger partial charge in [0, 0.05) is 38.2 Å². The number of nitro groups is 1. The monoisotopic (exact) mass is 518 g/mol. The summed E-state index contributed by atoms with van der Waals surface area (Å²) in [5.41, 5.74) is 2.06. The molecule has 1 aliphatic heterocycles. The molecule has 0 bridgehead atoms. The van der Waals surface area contributed by atoms with E-state index in [2.05, 4.69) is 4.98 Å². The summed E-state index contributed by atoms with van der Waals surface area (Å²) >= 11 is 0. The first-order valence-electron chi connectivity index (χ1n) is 11.2. The third kappa shape index (κ3) is 5.94. The van der Waals surface area contributed by atoms with Crippen LogP contribution in [-0.2, 0) is 31.5 Å². The van der Waals surface area contributed by atoms with Gasteiger partial charge in [-0.05, 0) is 31.7 Å². The number of imidazole rings is 2. The first-order valence-corrected chi connectivity index (χ1v) is 12.4. The smallest absolute Gasteiger partial charge is 0.329 e. The topological polar surface area (TPSA) is 148 Å². The maximum absolute atomic E-state index is 11.7. The minimum absolute atomic E-state index is 0.0386. The first-order chi connectivity index (χ1) is 17.4. The molecule has 0 radical (unpaired) electrons. The van der Waals surface area contributed by atoms with E-state index in [0.717, 1.165) is 12.0 Å². The van der Waals surface area contributed by atoms with Crippen LogP contribution in [0.25, 0.3) is 0 Å². The van der Waals surface area contributed by atoms with Crippen LogP contribution in [0.5, 0.6) is 0 Å². The first kappa shape index (κ1) is 25.9. The van der Waals surface area contributed by atoms with Crippen molar-refractivity contribution in [2.45, 2.75) is 45.1 Å². The van der Waals surface area contributed by atoms with Gasteiger partial charge in [-0.1, -0.05) is 12.1 Å². The van der Waals surface area contributed by atoms with Gasteiger partial charge < -0.3 is 23.2 Å². The molecule has 3 unspecified atom stereocenters. The molecule has 0 aliphatic carbocycles. The van der Waals surface area contributed by atoms with Crippen LogP contribution in [0, 0.1) is 17.0 Å². The van der Waals surface area contributed by atoms with Gasteiger partial charge in [0.1, 0.15) is 6.23 Å². The molecule has 0 amide bonds. The minimum Gasteiger partial charge on any atom is -0.352 e. The molecule has 14 heteroatoms. The molecule has 0 spiro atoms. The number of nitrogens with zero attached hydrogens (tertiary/aromatic N) is 6. The molecule has 1 fully saturated rings. The van der Waals surface area contributed by atoms with Gasteiger partial charge in [-0.25, -0.2) is 4.98 Å². The Bertz CT molecular complexity index is 1270. The van der Waals surface area contributed by atoms with Gasteiger partial charge in [-0.3, -0.25) is 24.0 Å². The average molecular weight is 518 g/mol. The Morgan fingerprint density at radius 2 is 2.11 bits per heavy atom. The number of nitro benzene ring substituents is 1. The molecule has 192 valence electrons. The Kier molecular flexibility index (Phi) is 8.39. The molecular weight excluding hydrogens is 491 g/mol. The predicted octanol–water partition coefficient (Wildman–Crippen LogP) is 2.78. The summed E-state index contributed by atoms with van der Waals surface area (Å²) in [7, 11) is -0.539. The van der Waals surface area contributed by atoms with Crippen molar-refractivity contribution >= 4 is 26.5 Å². The lowest BCUT2D eigenvalue weighted by Gasteiger charge is -2.17. The van der Waals surface area contributed by atoms with E-state index in [-0.39, 0.29) is 24.6 Å². The van der Waals surface area contributed by atoms with Crippen molar-refractivity contribution in [3.8, 4) is 0 Å². The molecule has 3 atom stereocenters. The van der Waals surface area contributed by atoms with E-state index in [1.165, 1.54) is 23.8 Å². The summed E-state index contributed by atoms with van der Waals surface area (Å²) in [6, 6.07) is 6.38. The highest BCUT2D eigenvalue weighted by atomic mass is 31.2. The average Bonchev–Trinajstić information content (AvgIpc) is 3.60. The van der Waals surface area contributed by atoms with Crippen LogP contribution in [0.3, 0.4) is 0 Å². The largest absolute Gasteiger partial charge is 0.352 e. The van der Waals surface area contributed by atoms with Crippen LogP contribution < -0.4 is 5.62 Å². The molecule has 3 aromatic rings. The predicted molar refractivity (Wildman–Crippen MR) is 129 cm³/mol. The molecule has 1 aromatic carbocycles. The van der Waals surface area contributed by atoms with Crippen molar-refractivity contribution in [1.29, 1.82) is 0 Å². The number of benzene rings is 1. The summed E-state index contributed by atoms with van der Waals surface area (Å²) in [4.78, 5) is 40.8. The zero-order valence-corrected chi connectivity index (χ0v) is 20.7. The summed E-state index contributed by atoms with van der Waals surface area (Å²) in [6.07, 6.45) is 7.23. The lowest BCUT2D eigenvalue weighted by atomic mass is 10.1. The molecule has 2 aromatic heterocycles. The maximum Gasteiger partial charge on any atom is 0.329 e. The molecule has 13 nitrogen and oxygen atoms in total. The molecule has 36 heavy (non-hydrogen) atoms. The van der Waals surface area contributed by atoms with Gasteiger partial charge in [0.15, 0.2) is 5.82 Å². The Morgan fingerprint density at radius 1 is 1.33 bits per heavy atom. The van der Waals surface area contributed by atoms with Crippen molar-refractivity contribution in [3.63, 3.8) is 0 Å². The zero-order chi connectivity index (χ0) is 25.7. The lowest BCUT2D eigenvalue weighted by molar-refractivity contribution is -0.384. The van der Waals surface area contributed by atoms with Crippen molar-refractivity contribution in [2.24, 2.45) is 4.99 Å². The van der Waals surface area contributed by atoms with E-state index >= 15 is 0 Å². The second kappa shape index (κ2) is 11.7. The quantitative estimate of drug-likeness (QED) is 0.176. The van der Waals surface area contributed by atoms with Gasteiger partial charge >= 0.3 is 8.60 Å². The second-order valence-electron chi connectivity index (χ2n) is 8.16. The zero-order valence-electron chi connectivity index (χ0n) is 19.8. The number of carbonyl (C=O) groups is 1. The standard InChI is InChI=1S/C22H27N6O7P/c1-16-21(27(14-23-16)20-8-7-19(35-20)13-34-36(32)33-2)24-22-25(11-12-26(22)15-29)10-9-17-3-5-18(6-4-17)28(30)31/h3-6,11-12,14-15,19-20,32H,7-10,13H2,1-2H3/b24-22-. The maximum atomic E-state index is 11.7. The van der Waals surface area contributed by atoms with Gasteiger partial charge in [0.2, 0.25) is 12.0 Å². The fraction of sp³-hybridized carbons (Fsp3) is 0.409. The Hall–Kier alpha value is -3.22. The van der Waals surface area contributed by atoms with Gasteiger partial charge in [0.25, 0.3) is 5.69 Å². The third-order valence-electron chi connectivity index (χ3n) is 5.87. The van der Waals surface area contributed by atoms with Crippen molar-refractivity contribution in [2.75, 3.05) is 13.7 Å². The minimum atomic E-state index is -1.91. The van der Waals surface area contributed by atoms with Crippen LogP contribution in [0.4, 0.5) is 11.5 Å². The van der Waals surface area contributed by atoms with Gasteiger partial charge in [0.05, 0.1) is 29.7 Å². The molecule has 1 saturated heterocycles. The Balaban J connectivity index is 1.54. The van der Waals surface area contributed by atoms with Crippen LogP contribution in [0.1, 0.15) is 30.3 Å². The van der Waals surface area contributed by atoms with E-state index in [9.17, 15) is 19.8 Å². The van der Waals surface area contributed by atoms with E-state index in [4.69, 9.17) is 18.8 Å². The SMILES string of the molecule is COP(O)OCC1CCC(n2cnc(C)c2/N=c2\n(C=O)ccn2CCc2ccc([N+](=O)[O-])cc2)O1. The molecule has 1 N–H and O–H groups in total. The summed E-state index contributed by atoms with van der Waals surface area (Å²) < 4.78 is 21.1. The highest BCUT2D eigenvalue weighted by molar-refractivity contribution is 7.40. The molecule has 1 aliphatic rings. The molecule has 3 heterocycles. The number of rotatable bonds is 11. The molecule has 4 rings (SSSR count). The van der Waals surface area contributed by atoms with E-state index < -0.39 is 13.5 Å². The Labute approximate surface area is 207 Å². The number of aromatic nitrogens is 4. The molecule has 0 saturated carbocycles. The highest BCUT2D eigenvalue weighted by Crippen LogP contribution is 2.36. The number of non-ortho nitro benzene ring substituents is 1. The number of ether oxygens (including phenoxy) is 1. The number of carbonyl (C=O) groups excluding carboxylic acids is 1. The normalized spacial score (nSPS) is 19.0. The second-order valence-corrected chi connectivity index (χ2v) is 9.26. The number of hydrogen-bond donors (Lipinski definition) is 1. The summed E-state index contributed by atoms with van der Waals surface area (Å²) in [6.45, 7) is 2.55. The summed E-state index contributed by atoms with van der Waals surface area (Å²) in [5, 5.41) is 10.9. The van der Waals surface area contributed by atoms with Crippen molar-refractivity contribution < 1.29 is 28.4 Å². The van der Waals surface area contributed by atoms with Crippen molar-refractivity contribution in [3.05, 3.63) is 70.0 Å². The third-order valence-corrected chi connectivity index (χ3v) is 6.55. The lowest BCUT2D eigenvalue weighted by Crippen LogP contribution is -2.26. The molecular formula is C22H27N6O7P. The van der Waals surface area contributed by atoms with E-state index in [0.29, 0.717) is 42.9 Å². The highest BCUT2D eigenvalue weighted by Gasteiger charge is 2.29. The Morgan fingerprint density at radius 3 is 2.81 bits per heavy atom. The number of hydrogen-bond acceptors (Lipinski definition) is 9.